The second kappa shape index (κ2) is 5.96. The zero-order chi connectivity index (χ0) is 13.7. The molecule has 0 saturated heterocycles. The summed E-state index contributed by atoms with van der Waals surface area (Å²) in [5, 5.41) is 2.69. The molecule has 0 aliphatic heterocycles. The molecule has 0 atom stereocenters. The summed E-state index contributed by atoms with van der Waals surface area (Å²) in [6.07, 6.45) is 0.365. The van der Waals surface area contributed by atoms with E-state index in [0.29, 0.717) is 12.0 Å². The highest BCUT2D eigenvalue weighted by molar-refractivity contribution is 5.97. The van der Waals surface area contributed by atoms with Crippen LogP contribution in [0.1, 0.15) is 22.8 Å². The van der Waals surface area contributed by atoms with Gasteiger partial charge in [0.05, 0.1) is 0 Å². The molecule has 96 valence electrons. The molecule has 0 spiro atoms. The summed E-state index contributed by atoms with van der Waals surface area (Å²) >= 11 is 0. The predicted molar refractivity (Wildman–Crippen MR) is 75.2 cm³/mol. The molecule has 2 rings (SSSR count). The van der Waals surface area contributed by atoms with Gasteiger partial charge in [-0.1, -0.05) is 42.5 Å². The average molecular weight is 253 g/mol. The number of rotatable bonds is 4. The molecule has 0 unspecified atom stereocenters. The van der Waals surface area contributed by atoms with Crippen molar-refractivity contribution in [2.45, 2.75) is 13.3 Å². The highest BCUT2D eigenvalue weighted by atomic mass is 16.1. The van der Waals surface area contributed by atoms with E-state index in [2.05, 4.69) is 5.32 Å². The van der Waals surface area contributed by atoms with Crippen LogP contribution in [0.25, 0.3) is 0 Å². The molecule has 1 N–H and O–H groups in total. The Morgan fingerprint density at radius 3 is 2.16 bits per heavy atom. The molecule has 2 aromatic carbocycles. The summed E-state index contributed by atoms with van der Waals surface area (Å²) in [6, 6.07) is 16.5. The van der Waals surface area contributed by atoms with E-state index in [1.54, 1.807) is 12.1 Å². The summed E-state index contributed by atoms with van der Waals surface area (Å²) in [4.78, 5) is 22.9. The first-order valence-corrected chi connectivity index (χ1v) is 6.10. The fourth-order valence-electron chi connectivity index (χ4n) is 1.82. The molecule has 0 aliphatic carbocycles. The van der Waals surface area contributed by atoms with E-state index >= 15 is 0 Å². The smallest absolute Gasteiger partial charge is 0.221 e. The molecule has 2 aromatic rings. The molecule has 0 saturated carbocycles. The van der Waals surface area contributed by atoms with E-state index in [9.17, 15) is 9.59 Å². The van der Waals surface area contributed by atoms with Crippen LogP contribution >= 0.6 is 0 Å². The standard InChI is InChI=1S/C16H15NO2/c1-12(18)17-15-9-7-13(8-10-15)11-16(19)14-5-3-2-4-6-14/h2-10H,11H2,1H3,(H,17,18). The van der Waals surface area contributed by atoms with Gasteiger partial charge in [0.2, 0.25) is 5.91 Å². The number of amides is 1. The third kappa shape index (κ3) is 3.78. The van der Waals surface area contributed by atoms with Crippen molar-refractivity contribution in [3.8, 4) is 0 Å². The quantitative estimate of drug-likeness (QED) is 0.851. The molecule has 0 heterocycles. The van der Waals surface area contributed by atoms with Gasteiger partial charge in [-0.25, -0.2) is 0 Å². The van der Waals surface area contributed by atoms with Gasteiger partial charge in [-0.2, -0.15) is 0 Å². The lowest BCUT2D eigenvalue weighted by Crippen LogP contribution is -2.06. The van der Waals surface area contributed by atoms with Gasteiger partial charge < -0.3 is 5.32 Å². The van der Waals surface area contributed by atoms with E-state index in [-0.39, 0.29) is 11.7 Å². The normalized spacial score (nSPS) is 9.95. The van der Waals surface area contributed by atoms with Crippen molar-refractivity contribution >= 4 is 17.4 Å². The number of Topliss-reactive ketones (excluding diaryl/α,β-unsaturated/α-hetero) is 1. The van der Waals surface area contributed by atoms with Gasteiger partial charge in [0.1, 0.15) is 0 Å². The maximum atomic E-state index is 12.0. The molecular formula is C16H15NO2. The zero-order valence-corrected chi connectivity index (χ0v) is 10.7. The Bertz CT molecular complexity index is 573. The Kier molecular flexibility index (Phi) is 4.08. The average Bonchev–Trinajstić information content (AvgIpc) is 2.41. The zero-order valence-electron chi connectivity index (χ0n) is 10.7. The molecule has 19 heavy (non-hydrogen) atoms. The molecule has 3 heteroatoms. The number of ketones is 1. The minimum Gasteiger partial charge on any atom is -0.326 e. The summed E-state index contributed by atoms with van der Waals surface area (Å²) in [6.45, 7) is 1.47. The molecule has 0 aromatic heterocycles. The molecule has 3 nitrogen and oxygen atoms in total. The lowest BCUT2D eigenvalue weighted by Gasteiger charge is -2.04. The van der Waals surface area contributed by atoms with Crippen LogP contribution in [0, 0.1) is 0 Å². The Balaban J connectivity index is 2.04. The number of benzene rings is 2. The van der Waals surface area contributed by atoms with Gasteiger partial charge in [-0.15, -0.1) is 0 Å². The number of carbonyl (C=O) groups excluding carboxylic acids is 2. The van der Waals surface area contributed by atoms with Crippen molar-refractivity contribution in [2.75, 3.05) is 5.32 Å². The largest absolute Gasteiger partial charge is 0.326 e. The van der Waals surface area contributed by atoms with E-state index in [1.165, 1.54) is 6.92 Å². The van der Waals surface area contributed by atoms with Gasteiger partial charge in [-0.3, -0.25) is 9.59 Å². The van der Waals surface area contributed by atoms with Crippen LogP contribution in [-0.4, -0.2) is 11.7 Å². The van der Waals surface area contributed by atoms with E-state index in [4.69, 9.17) is 0 Å². The lowest BCUT2D eigenvalue weighted by molar-refractivity contribution is -0.114. The fourth-order valence-corrected chi connectivity index (χ4v) is 1.82. The highest BCUT2D eigenvalue weighted by Crippen LogP contribution is 2.12. The minimum atomic E-state index is -0.104. The van der Waals surface area contributed by atoms with Crippen molar-refractivity contribution < 1.29 is 9.59 Å². The predicted octanol–water partition coefficient (Wildman–Crippen LogP) is 3.07. The number of nitrogens with one attached hydrogen (secondary N) is 1. The maximum Gasteiger partial charge on any atom is 0.221 e. The van der Waals surface area contributed by atoms with Crippen LogP contribution in [0.3, 0.4) is 0 Å². The molecule has 0 fully saturated rings. The van der Waals surface area contributed by atoms with Gasteiger partial charge in [0.25, 0.3) is 0 Å². The monoisotopic (exact) mass is 253 g/mol. The summed E-state index contributed by atoms with van der Waals surface area (Å²) < 4.78 is 0. The van der Waals surface area contributed by atoms with Gasteiger partial charge in [-0.05, 0) is 17.7 Å². The van der Waals surface area contributed by atoms with Crippen LogP contribution in [0.4, 0.5) is 5.69 Å². The van der Waals surface area contributed by atoms with E-state index in [1.807, 2.05) is 42.5 Å². The van der Waals surface area contributed by atoms with Crippen LogP contribution in [0.15, 0.2) is 54.6 Å². The number of hydrogen-bond donors (Lipinski definition) is 1. The van der Waals surface area contributed by atoms with Crippen molar-refractivity contribution in [1.29, 1.82) is 0 Å². The topological polar surface area (TPSA) is 46.2 Å². The minimum absolute atomic E-state index is 0.0906. The first-order valence-electron chi connectivity index (χ1n) is 6.10. The van der Waals surface area contributed by atoms with Crippen LogP contribution in [0.2, 0.25) is 0 Å². The Labute approximate surface area is 112 Å². The molecular weight excluding hydrogens is 238 g/mol. The van der Waals surface area contributed by atoms with Crippen molar-refractivity contribution in [3.05, 3.63) is 65.7 Å². The van der Waals surface area contributed by atoms with Crippen LogP contribution < -0.4 is 5.32 Å². The first kappa shape index (κ1) is 13.0. The lowest BCUT2D eigenvalue weighted by atomic mass is 10.0. The maximum absolute atomic E-state index is 12.0. The molecule has 0 aliphatic rings. The number of anilines is 1. The Hall–Kier alpha value is -2.42. The molecule has 0 bridgehead atoms. The molecule has 0 radical (unpaired) electrons. The Morgan fingerprint density at radius 1 is 0.947 bits per heavy atom. The van der Waals surface area contributed by atoms with E-state index in [0.717, 1.165) is 11.3 Å². The second-order valence-corrected chi connectivity index (χ2v) is 4.34. The van der Waals surface area contributed by atoms with Crippen molar-refractivity contribution in [3.63, 3.8) is 0 Å². The highest BCUT2D eigenvalue weighted by Gasteiger charge is 2.06. The fraction of sp³-hybridized carbons (Fsp3) is 0.125. The Morgan fingerprint density at radius 2 is 1.58 bits per heavy atom. The number of carbonyl (C=O) groups is 2. The van der Waals surface area contributed by atoms with Crippen molar-refractivity contribution in [2.24, 2.45) is 0 Å². The summed E-state index contributed by atoms with van der Waals surface area (Å²) in [5.41, 5.74) is 2.39. The summed E-state index contributed by atoms with van der Waals surface area (Å²) in [5.74, 6) is -0.0130. The van der Waals surface area contributed by atoms with Crippen LogP contribution in [0.5, 0.6) is 0 Å². The first-order chi connectivity index (χ1) is 9.15. The summed E-state index contributed by atoms with van der Waals surface area (Å²) in [7, 11) is 0. The SMILES string of the molecule is CC(=O)Nc1ccc(CC(=O)c2ccccc2)cc1. The third-order valence-corrected chi connectivity index (χ3v) is 2.73. The number of hydrogen-bond acceptors (Lipinski definition) is 2. The van der Waals surface area contributed by atoms with Gasteiger partial charge in [0, 0.05) is 24.6 Å². The van der Waals surface area contributed by atoms with Crippen LogP contribution in [-0.2, 0) is 11.2 Å². The van der Waals surface area contributed by atoms with Gasteiger partial charge in [0.15, 0.2) is 5.78 Å². The van der Waals surface area contributed by atoms with Gasteiger partial charge >= 0.3 is 0 Å². The second-order valence-electron chi connectivity index (χ2n) is 4.34. The van der Waals surface area contributed by atoms with Crippen molar-refractivity contribution in [1.82, 2.24) is 0 Å². The van der Waals surface area contributed by atoms with E-state index < -0.39 is 0 Å². The third-order valence-electron chi connectivity index (χ3n) is 2.73. The molecule has 1 amide bonds.